The first-order valence-electron chi connectivity index (χ1n) is 7.08. The van der Waals surface area contributed by atoms with Crippen LogP contribution in [-0.2, 0) is 9.59 Å². The molecule has 0 aromatic rings. The van der Waals surface area contributed by atoms with Crippen molar-refractivity contribution >= 4 is 11.8 Å². The van der Waals surface area contributed by atoms with Gasteiger partial charge >= 0.3 is 0 Å². The number of nitrogens with zero attached hydrogens (tertiary/aromatic N) is 1. The van der Waals surface area contributed by atoms with Gasteiger partial charge in [0.2, 0.25) is 11.8 Å². The van der Waals surface area contributed by atoms with E-state index < -0.39 is 0 Å². The van der Waals surface area contributed by atoms with Crippen LogP contribution in [0.15, 0.2) is 0 Å². The summed E-state index contributed by atoms with van der Waals surface area (Å²) in [5.74, 6) is -0.0739. The van der Waals surface area contributed by atoms with Gasteiger partial charge in [-0.1, -0.05) is 13.3 Å². The second kappa shape index (κ2) is 5.00. The number of hydrogen-bond acceptors (Lipinski definition) is 3. The molecule has 1 unspecified atom stereocenters. The molecule has 1 N–H and O–H groups in total. The zero-order valence-electron chi connectivity index (χ0n) is 11.7. The maximum atomic E-state index is 12.1. The summed E-state index contributed by atoms with van der Waals surface area (Å²) >= 11 is 0. The monoisotopic (exact) mass is 252 g/mol. The zero-order valence-corrected chi connectivity index (χ0v) is 11.7. The molecule has 0 spiro atoms. The highest BCUT2D eigenvalue weighted by molar-refractivity contribution is 6.05. The molecular weight excluding hydrogens is 228 g/mol. The summed E-state index contributed by atoms with van der Waals surface area (Å²) in [6, 6.07) is -0.309. The van der Waals surface area contributed by atoms with E-state index in [4.69, 9.17) is 0 Å². The third kappa shape index (κ3) is 2.58. The molecule has 102 valence electrons. The largest absolute Gasteiger partial charge is 0.305 e. The van der Waals surface area contributed by atoms with Crippen molar-refractivity contribution < 1.29 is 9.59 Å². The molecule has 1 aliphatic carbocycles. The molecule has 1 atom stereocenters. The third-order valence-corrected chi connectivity index (χ3v) is 4.16. The standard InChI is InChI=1S/C14H24N2O2/c1-4-5-14(6-7-14)9-15-11-8-12(17)16(10(2)3)13(11)18/h10-11,15H,4-9H2,1-3H3. The average molecular weight is 252 g/mol. The van der Waals surface area contributed by atoms with Gasteiger partial charge in [-0.25, -0.2) is 0 Å². The summed E-state index contributed by atoms with van der Waals surface area (Å²) < 4.78 is 0. The summed E-state index contributed by atoms with van der Waals surface area (Å²) in [7, 11) is 0. The van der Waals surface area contributed by atoms with Crippen LogP contribution in [0, 0.1) is 5.41 Å². The fourth-order valence-corrected chi connectivity index (χ4v) is 2.91. The van der Waals surface area contributed by atoms with Crippen LogP contribution in [0.25, 0.3) is 0 Å². The highest BCUT2D eigenvalue weighted by atomic mass is 16.2. The zero-order chi connectivity index (χ0) is 13.3. The molecule has 1 aliphatic heterocycles. The van der Waals surface area contributed by atoms with Crippen molar-refractivity contribution in [3.8, 4) is 0 Å². The van der Waals surface area contributed by atoms with Crippen LogP contribution in [0.2, 0.25) is 0 Å². The van der Waals surface area contributed by atoms with Gasteiger partial charge in [0.1, 0.15) is 0 Å². The molecule has 1 heterocycles. The van der Waals surface area contributed by atoms with Gasteiger partial charge in [0.25, 0.3) is 0 Å². The Morgan fingerprint density at radius 3 is 2.50 bits per heavy atom. The Morgan fingerprint density at radius 1 is 1.39 bits per heavy atom. The van der Waals surface area contributed by atoms with Gasteiger partial charge in [0, 0.05) is 12.6 Å². The third-order valence-electron chi connectivity index (χ3n) is 4.16. The lowest BCUT2D eigenvalue weighted by atomic mass is 10.0. The second-order valence-electron chi connectivity index (χ2n) is 6.08. The van der Waals surface area contributed by atoms with E-state index in [1.807, 2.05) is 13.8 Å². The summed E-state index contributed by atoms with van der Waals surface area (Å²) in [5, 5.41) is 3.32. The number of rotatable bonds is 6. The van der Waals surface area contributed by atoms with Crippen LogP contribution < -0.4 is 5.32 Å². The lowest BCUT2D eigenvalue weighted by molar-refractivity contribution is -0.140. The quantitative estimate of drug-likeness (QED) is 0.732. The molecule has 4 nitrogen and oxygen atoms in total. The van der Waals surface area contributed by atoms with E-state index in [-0.39, 0.29) is 23.9 Å². The van der Waals surface area contributed by atoms with Gasteiger partial charge in [-0.15, -0.1) is 0 Å². The van der Waals surface area contributed by atoms with E-state index in [1.165, 1.54) is 30.6 Å². The Morgan fingerprint density at radius 2 is 2.06 bits per heavy atom. The molecule has 0 radical (unpaired) electrons. The van der Waals surface area contributed by atoms with Gasteiger partial charge in [-0.2, -0.15) is 0 Å². The Hall–Kier alpha value is -0.900. The van der Waals surface area contributed by atoms with E-state index in [1.54, 1.807) is 0 Å². The molecule has 1 saturated heterocycles. The SMILES string of the molecule is CCCC1(CNC2CC(=O)N(C(C)C)C2=O)CC1. The van der Waals surface area contributed by atoms with Gasteiger partial charge in [0.05, 0.1) is 12.5 Å². The van der Waals surface area contributed by atoms with Crippen LogP contribution in [-0.4, -0.2) is 35.3 Å². The minimum atomic E-state index is -0.283. The smallest absolute Gasteiger partial charge is 0.247 e. The number of imide groups is 1. The Bertz CT molecular complexity index is 348. The van der Waals surface area contributed by atoms with Crippen LogP contribution in [0.3, 0.4) is 0 Å². The molecular formula is C14H24N2O2. The number of amides is 2. The Labute approximate surface area is 109 Å². The lowest BCUT2D eigenvalue weighted by Crippen LogP contribution is -2.43. The van der Waals surface area contributed by atoms with Crippen molar-refractivity contribution in [3.05, 3.63) is 0 Å². The Balaban J connectivity index is 1.88. The first-order chi connectivity index (χ1) is 8.49. The predicted octanol–water partition coefficient (Wildman–Crippen LogP) is 1.69. The number of likely N-dealkylation sites (tertiary alicyclic amines) is 1. The van der Waals surface area contributed by atoms with Crippen LogP contribution in [0.4, 0.5) is 0 Å². The molecule has 0 bridgehead atoms. The minimum absolute atomic E-state index is 0.0256. The normalized spacial score (nSPS) is 26.2. The van der Waals surface area contributed by atoms with Gasteiger partial charge in [-0.3, -0.25) is 14.5 Å². The van der Waals surface area contributed by atoms with Crippen molar-refractivity contribution in [1.82, 2.24) is 10.2 Å². The van der Waals surface area contributed by atoms with Crippen molar-refractivity contribution in [2.75, 3.05) is 6.54 Å². The maximum Gasteiger partial charge on any atom is 0.247 e. The highest BCUT2D eigenvalue weighted by Gasteiger charge is 2.44. The number of hydrogen-bond donors (Lipinski definition) is 1. The molecule has 4 heteroatoms. The van der Waals surface area contributed by atoms with Gasteiger partial charge in [0.15, 0.2) is 0 Å². The van der Waals surface area contributed by atoms with Crippen molar-refractivity contribution in [1.29, 1.82) is 0 Å². The molecule has 2 rings (SSSR count). The lowest BCUT2D eigenvalue weighted by Gasteiger charge is -2.20. The topological polar surface area (TPSA) is 49.4 Å². The Kier molecular flexibility index (Phi) is 3.76. The van der Waals surface area contributed by atoms with Gasteiger partial charge in [-0.05, 0) is 38.5 Å². The first-order valence-corrected chi connectivity index (χ1v) is 7.08. The summed E-state index contributed by atoms with van der Waals surface area (Å²) in [5.41, 5.74) is 0.420. The maximum absolute atomic E-state index is 12.1. The second-order valence-corrected chi connectivity index (χ2v) is 6.08. The number of carbonyl (C=O) groups excluding carboxylic acids is 2. The fourth-order valence-electron chi connectivity index (χ4n) is 2.91. The first kappa shape index (κ1) is 13.5. The molecule has 1 saturated carbocycles. The number of carbonyl (C=O) groups is 2. The van der Waals surface area contributed by atoms with Gasteiger partial charge < -0.3 is 5.32 Å². The van der Waals surface area contributed by atoms with Crippen molar-refractivity contribution in [2.24, 2.45) is 5.41 Å². The molecule has 0 aromatic carbocycles. The minimum Gasteiger partial charge on any atom is -0.305 e. The molecule has 0 aromatic heterocycles. The van der Waals surface area contributed by atoms with E-state index in [2.05, 4.69) is 12.2 Å². The van der Waals surface area contributed by atoms with Crippen LogP contribution in [0.1, 0.15) is 52.9 Å². The van der Waals surface area contributed by atoms with E-state index in [9.17, 15) is 9.59 Å². The predicted molar refractivity (Wildman–Crippen MR) is 70.0 cm³/mol. The van der Waals surface area contributed by atoms with Crippen molar-refractivity contribution in [2.45, 2.75) is 65.0 Å². The van der Waals surface area contributed by atoms with E-state index >= 15 is 0 Å². The van der Waals surface area contributed by atoms with Crippen LogP contribution >= 0.6 is 0 Å². The van der Waals surface area contributed by atoms with E-state index in [0.717, 1.165) is 6.54 Å². The summed E-state index contributed by atoms with van der Waals surface area (Å²) in [4.78, 5) is 25.3. The molecule has 2 amide bonds. The number of nitrogens with one attached hydrogen (secondary N) is 1. The average Bonchev–Trinajstić information content (AvgIpc) is 2.98. The van der Waals surface area contributed by atoms with E-state index in [0.29, 0.717) is 11.8 Å². The summed E-state index contributed by atoms with van der Waals surface area (Å²) in [6.07, 6.45) is 5.27. The molecule has 2 aliphatic rings. The molecule has 2 fully saturated rings. The van der Waals surface area contributed by atoms with Crippen molar-refractivity contribution in [3.63, 3.8) is 0 Å². The fraction of sp³-hybridized carbons (Fsp3) is 0.857. The van der Waals surface area contributed by atoms with Crippen LogP contribution in [0.5, 0.6) is 0 Å². The summed E-state index contributed by atoms with van der Waals surface area (Å²) in [6.45, 7) is 6.86. The molecule has 18 heavy (non-hydrogen) atoms. The highest BCUT2D eigenvalue weighted by Crippen LogP contribution is 2.49.